The monoisotopic (exact) mass is 398 g/mol. The summed E-state index contributed by atoms with van der Waals surface area (Å²) in [5.74, 6) is 1.73. The lowest BCUT2D eigenvalue weighted by atomic mass is 10.0. The number of methoxy groups -OCH3 is 1. The zero-order chi connectivity index (χ0) is 14.5. The van der Waals surface area contributed by atoms with Crippen LogP contribution in [0.3, 0.4) is 0 Å². The Labute approximate surface area is 136 Å². The maximum Gasteiger partial charge on any atom is 0.123 e. The third kappa shape index (κ3) is 3.36. The van der Waals surface area contributed by atoms with Crippen molar-refractivity contribution < 1.29 is 9.47 Å². The van der Waals surface area contributed by atoms with E-state index < -0.39 is 0 Å². The smallest absolute Gasteiger partial charge is 0.123 e. The predicted molar refractivity (Wildman–Crippen MR) is 89.1 cm³/mol. The summed E-state index contributed by atoms with van der Waals surface area (Å²) in [6.45, 7) is 2.64. The van der Waals surface area contributed by atoms with Gasteiger partial charge in [0.05, 0.1) is 18.5 Å². The molecule has 0 fully saturated rings. The SMILES string of the molecule is CCOc1ccccc1C(Br)c1ccc(OC)cc1Br. The van der Waals surface area contributed by atoms with Gasteiger partial charge in [0.25, 0.3) is 0 Å². The Morgan fingerprint density at radius 2 is 1.85 bits per heavy atom. The fourth-order valence-electron chi connectivity index (χ4n) is 1.98. The summed E-state index contributed by atoms with van der Waals surface area (Å²) in [5, 5.41) is 0. The molecule has 4 heteroatoms. The van der Waals surface area contributed by atoms with E-state index in [0.717, 1.165) is 27.1 Å². The Bertz CT molecular complexity index is 584. The third-order valence-electron chi connectivity index (χ3n) is 2.97. The van der Waals surface area contributed by atoms with Crippen molar-refractivity contribution in [2.24, 2.45) is 0 Å². The quantitative estimate of drug-likeness (QED) is 0.631. The number of hydrogen-bond acceptors (Lipinski definition) is 2. The van der Waals surface area contributed by atoms with Gasteiger partial charge in [-0.05, 0) is 30.7 Å². The largest absolute Gasteiger partial charge is 0.497 e. The fourth-order valence-corrected chi connectivity index (χ4v) is 3.66. The molecular weight excluding hydrogens is 384 g/mol. The van der Waals surface area contributed by atoms with Gasteiger partial charge in [0.15, 0.2) is 0 Å². The third-order valence-corrected chi connectivity index (χ3v) is 4.65. The lowest BCUT2D eigenvalue weighted by molar-refractivity contribution is 0.337. The second kappa shape index (κ2) is 7.14. The number of benzene rings is 2. The average Bonchev–Trinajstić information content (AvgIpc) is 2.47. The van der Waals surface area contributed by atoms with Crippen LogP contribution in [-0.4, -0.2) is 13.7 Å². The summed E-state index contributed by atoms with van der Waals surface area (Å²) in [6, 6.07) is 14.0. The van der Waals surface area contributed by atoms with Crippen molar-refractivity contribution in [3.63, 3.8) is 0 Å². The molecule has 0 saturated heterocycles. The van der Waals surface area contributed by atoms with E-state index in [1.54, 1.807) is 7.11 Å². The van der Waals surface area contributed by atoms with Gasteiger partial charge in [0.2, 0.25) is 0 Å². The Hall–Kier alpha value is -1.00. The zero-order valence-electron chi connectivity index (χ0n) is 11.4. The van der Waals surface area contributed by atoms with E-state index in [1.807, 2.05) is 43.3 Å². The molecule has 2 rings (SSSR count). The Balaban J connectivity index is 2.38. The highest BCUT2D eigenvalue weighted by atomic mass is 79.9. The summed E-state index contributed by atoms with van der Waals surface area (Å²) < 4.78 is 11.9. The molecule has 0 saturated carbocycles. The summed E-state index contributed by atoms with van der Waals surface area (Å²) in [6.07, 6.45) is 0. The van der Waals surface area contributed by atoms with Crippen molar-refractivity contribution >= 4 is 31.9 Å². The second-order valence-electron chi connectivity index (χ2n) is 4.22. The van der Waals surface area contributed by atoms with Crippen molar-refractivity contribution in [3.05, 3.63) is 58.1 Å². The minimum atomic E-state index is 0.0607. The van der Waals surface area contributed by atoms with Crippen LogP contribution < -0.4 is 9.47 Å². The van der Waals surface area contributed by atoms with Crippen LogP contribution in [0.5, 0.6) is 11.5 Å². The van der Waals surface area contributed by atoms with Gasteiger partial charge >= 0.3 is 0 Å². The van der Waals surface area contributed by atoms with E-state index >= 15 is 0 Å². The molecular formula is C16H16Br2O2. The first-order valence-electron chi connectivity index (χ1n) is 6.36. The van der Waals surface area contributed by atoms with Crippen molar-refractivity contribution in [2.45, 2.75) is 11.8 Å². The second-order valence-corrected chi connectivity index (χ2v) is 5.99. The lowest BCUT2D eigenvalue weighted by Crippen LogP contribution is -2.00. The molecule has 2 aromatic rings. The summed E-state index contributed by atoms with van der Waals surface area (Å²) in [4.78, 5) is 0.0607. The molecule has 20 heavy (non-hydrogen) atoms. The van der Waals surface area contributed by atoms with Gasteiger partial charge in [-0.2, -0.15) is 0 Å². The minimum Gasteiger partial charge on any atom is -0.497 e. The van der Waals surface area contributed by atoms with Gasteiger partial charge in [-0.3, -0.25) is 0 Å². The molecule has 0 aliphatic rings. The van der Waals surface area contributed by atoms with Crippen LogP contribution in [-0.2, 0) is 0 Å². The Morgan fingerprint density at radius 3 is 2.50 bits per heavy atom. The number of rotatable bonds is 5. The Morgan fingerprint density at radius 1 is 1.10 bits per heavy atom. The summed E-state index contributed by atoms with van der Waals surface area (Å²) in [5.41, 5.74) is 2.25. The zero-order valence-corrected chi connectivity index (χ0v) is 14.6. The van der Waals surface area contributed by atoms with Crippen LogP contribution in [0.1, 0.15) is 22.9 Å². The molecule has 1 atom stereocenters. The van der Waals surface area contributed by atoms with Gasteiger partial charge in [0, 0.05) is 10.0 Å². The first kappa shape index (κ1) is 15.4. The van der Waals surface area contributed by atoms with Crippen molar-refractivity contribution in [1.82, 2.24) is 0 Å². The van der Waals surface area contributed by atoms with Gasteiger partial charge in [0.1, 0.15) is 11.5 Å². The van der Waals surface area contributed by atoms with E-state index in [9.17, 15) is 0 Å². The maximum atomic E-state index is 5.69. The molecule has 0 aromatic heterocycles. The maximum absolute atomic E-state index is 5.69. The molecule has 0 spiro atoms. The Kier molecular flexibility index (Phi) is 5.49. The van der Waals surface area contributed by atoms with E-state index in [0.29, 0.717) is 6.61 Å². The van der Waals surface area contributed by atoms with Crippen LogP contribution in [0.15, 0.2) is 46.9 Å². The molecule has 0 amide bonds. The first-order chi connectivity index (χ1) is 9.67. The molecule has 0 radical (unpaired) electrons. The molecule has 1 unspecified atom stereocenters. The summed E-state index contributed by atoms with van der Waals surface area (Å²) >= 11 is 7.36. The van der Waals surface area contributed by atoms with E-state index in [2.05, 4.69) is 37.9 Å². The average molecular weight is 400 g/mol. The van der Waals surface area contributed by atoms with Crippen LogP contribution in [0.25, 0.3) is 0 Å². The standard InChI is InChI=1S/C16H16Br2O2/c1-3-20-15-7-5-4-6-13(15)16(18)12-9-8-11(19-2)10-14(12)17/h4-10,16H,3H2,1-2H3. The summed E-state index contributed by atoms with van der Waals surface area (Å²) in [7, 11) is 1.66. The fraction of sp³-hybridized carbons (Fsp3) is 0.250. The van der Waals surface area contributed by atoms with Gasteiger partial charge < -0.3 is 9.47 Å². The topological polar surface area (TPSA) is 18.5 Å². The number of alkyl halides is 1. The lowest BCUT2D eigenvalue weighted by Gasteiger charge is -2.17. The molecule has 2 aromatic carbocycles. The van der Waals surface area contributed by atoms with Gasteiger partial charge in [-0.1, -0.05) is 56.1 Å². The molecule has 0 N–H and O–H groups in total. The molecule has 0 aliphatic heterocycles. The number of ether oxygens (including phenoxy) is 2. The van der Waals surface area contributed by atoms with Crippen LogP contribution >= 0.6 is 31.9 Å². The van der Waals surface area contributed by atoms with Crippen LogP contribution in [0, 0.1) is 0 Å². The minimum absolute atomic E-state index is 0.0607. The normalized spacial score (nSPS) is 12.0. The molecule has 2 nitrogen and oxygen atoms in total. The van der Waals surface area contributed by atoms with Crippen LogP contribution in [0.4, 0.5) is 0 Å². The highest BCUT2D eigenvalue weighted by Crippen LogP contribution is 2.40. The number of halogens is 2. The van der Waals surface area contributed by atoms with E-state index in [1.165, 1.54) is 0 Å². The van der Waals surface area contributed by atoms with Crippen LogP contribution in [0.2, 0.25) is 0 Å². The van der Waals surface area contributed by atoms with Crippen molar-refractivity contribution in [1.29, 1.82) is 0 Å². The molecule has 0 bridgehead atoms. The number of para-hydroxylation sites is 1. The number of hydrogen-bond donors (Lipinski definition) is 0. The van der Waals surface area contributed by atoms with Gasteiger partial charge in [-0.25, -0.2) is 0 Å². The van der Waals surface area contributed by atoms with E-state index in [4.69, 9.17) is 9.47 Å². The molecule has 0 aliphatic carbocycles. The molecule has 0 heterocycles. The van der Waals surface area contributed by atoms with E-state index in [-0.39, 0.29) is 4.83 Å². The first-order valence-corrected chi connectivity index (χ1v) is 8.07. The highest BCUT2D eigenvalue weighted by molar-refractivity contribution is 9.11. The highest BCUT2D eigenvalue weighted by Gasteiger charge is 2.17. The van der Waals surface area contributed by atoms with Gasteiger partial charge in [-0.15, -0.1) is 0 Å². The molecule has 106 valence electrons. The predicted octanol–water partition coefficient (Wildman–Crippen LogP) is 5.34. The van der Waals surface area contributed by atoms with Crippen molar-refractivity contribution in [3.8, 4) is 11.5 Å². The van der Waals surface area contributed by atoms with Crippen molar-refractivity contribution in [2.75, 3.05) is 13.7 Å².